The minimum atomic E-state index is -3.33. The molecule has 1 heterocycles. The Morgan fingerprint density at radius 2 is 1.95 bits per heavy atom. The van der Waals surface area contributed by atoms with Crippen LogP contribution in [0.2, 0.25) is 4.44 Å². The maximum absolute atomic E-state index is 6.21. The van der Waals surface area contributed by atoms with E-state index in [4.69, 9.17) is 16.3 Å². The molecule has 1 atom stereocenters. The Bertz CT molecular complexity index is 378. The van der Waals surface area contributed by atoms with E-state index < -0.39 is 19.2 Å². The Morgan fingerprint density at radius 1 is 1.30 bits per heavy atom. The topological polar surface area (TPSA) is 57.6 Å². The molecular weight excluding hydrogens is 381 g/mol. The van der Waals surface area contributed by atoms with Crippen molar-refractivity contribution in [2.75, 3.05) is 24.7 Å². The summed E-state index contributed by atoms with van der Waals surface area (Å²) in [7, 11) is 0. The summed E-state index contributed by atoms with van der Waals surface area (Å²) in [6.45, 7) is 9.53. The van der Waals surface area contributed by atoms with Crippen molar-refractivity contribution in [3.63, 3.8) is 0 Å². The molecule has 0 aliphatic heterocycles. The van der Waals surface area contributed by atoms with Gasteiger partial charge in [0.2, 0.25) is 0 Å². The van der Waals surface area contributed by atoms with Crippen LogP contribution in [0.5, 0.6) is 0 Å². The fourth-order valence-electron chi connectivity index (χ4n) is 2.28. The quantitative estimate of drug-likeness (QED) is 0.477. The van der Waals surface area contributed by atoms with Crippen molar-refractivity contribution in [1.29, 1.82) is 0 Å². The van der Waals surface area contributed by atoms with Crippen LogP contribution in [-0.2, 0) is 6.15 Å². The Hall–Kier alpha value is 0.309. The number of hydrogen-bond acceptors (Lipinski definition) is 5. The van der Waals surface area contributed by atoms with E-state index in [9.17, 15) is 0 Å². The molecule has 0 spiro atoms. The van der Waals surface area contributed by atoms with Crippen LogP contribution in [0.3, 0.4) is 0 Å². The summed E-state index contributed by atoms with van der Waals surface area (Å²) < 4.78 is 20.1. The van der Waals surface area contributed by atoms with Gasteiger partial charge >= 0.3 is 132 Å². The minimum absolute atomic E-state index is 0.129. The van der Waals surface area contributed by atoms with E-state index in [-0.39, 0.29) is 6.04 Å². The van der Waals surface area contributed by atoms with Gasteiger partial charge in [-0.3, -0.25) is 0 Å². The van der Waals surface area contributed by atoms with Gasteiger partial charge in [-0.2, -0.15) is 0 Å². The van der Waals surface area contributed by atoms with Crippen LogP contribution in [0.1, 0.15) is 39.5 Å². The average molecular weight is 408 g/mol. The summed E-state index contributed by atoms with van der Waals surface area (Å²) in [5, 5.41) is 0. The first-order valence-corrected chi connectivity index (χ1v) is 14.2. The van der Waals surface area contributed by atoms with Crippen LogP contribution in [0, 0.1) is 0 Å². The van der Waals surface area contributed by atoms with Gasteiger partial charge in [0, 0.05) is 0 Å². The van der Waals surface area contributed by atoms with Crippen LogP contribution in [0.25, 0.3) is 0 Å². The number of furan rings is 1. The third-order valence-corrected chi connectivity index (χ3v) is 15.4. The molecule has 1 aromatic heterocycles. The third kappa shape index (κ3) is 4.66. The molecule has 0 radical (unpaired) electrons. The zero-order chi connectivity index (χ0) is 15.0. The number of hydrogen-bond donors (Lipinski definition) is 1. The van der Waals surface area contributed by atoms with Crippen molar-refractivity contribution in [2.24, 2.45) is 5.73 Å². The van der Waals surface area contributed by atoms with E-state index in [1.165, 1.54) is 0 Å². The normalized spacial score (nSPS) is 13.7. The van der Waals surface area contributed by atoms with Gasteiger partial charge in [-0.1, -0.05) is 0 Å². The second kappa shape index (κ2) is 9.35. The van der Waals surface area contributed by atoms with Gasteiger partial charge in [0.15, 0.2) is 0 Å². The van der Waals surface area contributed by atoms with Crippen molar-refractivity contribution in [2.45, 2.75) is 38.2 Å². The summed E-state index contributed by atoms with van der Waals surface area (Å²) in [6, 6.07) is 1.88. The van der Waals surface area contributed by atoms with Crippen LogP contribution in [-0.4, -0.2) is 43.9 Å². The summed E-state index contributed by atoms with van der Waals surface area (Å²) in [5.41, 5.74) is 6.03. The van der Waals surface area contributed by atoms with Crippen molar-refractivity contribution in [3.8, 4) is 0 Å². The molecule has 116 valence electrons. The van der Waals surface area contributed by atoms with Gasteiger partial charge in [-0.25, -0.2) is 0 Å². The van der Waals surface area contributed by atoms with Gasteiger partial charge in [0.05, 0.1) is 0 Å². The monoisotopic (exact) mass is 409 g/mol. The molecule has 20 heavy (non-hydrogen) atoms. The SMILES string of the molecule is CC[O][Sn]([CH2]CSCC)([O]CC)[c]1ccoc1C(C)N. The van der Waals surface area contributed by atoms with E-state index in [1.54, 1.807) is 6.26 Å². The molecule has 2 N–H and O–H groups in total. The van der Waals surface area contributed by atoms with Crippen LogP contribution in [0.15, 0.2) is 16.7 Å². The molecule has 0 aliphatic carbocycles. The molecule has 1 rings (SSSR count). The fourth-order valence-corrected chi connectivity index (χ4v) is 14.7. The van der Waals surface area contributed by atoms with Crippen LogP contribution < -0.4 is 9.31 Å². The molecule has 6 heteroatoms. The second-order valence-electron chi connectivity index (χ2n) is 4.55. The Balaban J connectivity index is 3.08. The predicted molar refractivity (Wildman–Crippen MR) is 87.8 cm³/mol. The van der Waals surface area contributed by atoms with Gasteiger partial charge in [-0.05, 0) is 0 Å². The van der Waals surface area contributed by atoms with Crippen LogP contribution >= 0.6 is 11.8 Å². The molecule has 4 nitrogen and oxygen atoms in total. The fraction of sp³-hybridized carbons (Fsp3) is 0.714. The molecule has 1 aromatic rings. The molecule has 0 aromatic carbocycles. The van der Waals surface area contributed by atoms with Crippen molar-refractivity contribution < 1.29 is 10.6 Å². The van der Waals surface area contributed by atoms with Gasteiger partial charge in [0.1, 0.15) is 0 Å². The molecule has 0 saturated heterocycles. The standard InChI is InChI=1S/C6H8NO.C4H9S.2C2H5O.Sn/c1-5(7)6-3-2-4-8-6;1-3-5-4-2;2*1-2-3;/h2,4-5H,7H2,1H3;1,3-4H2,2H3;2*2H2,1H3;/q;;2*-1;+2. The van der Waals surface area contributed by atoms with Gasteiger partial charge in [-0.15, -0.1) is 0 Å². The zero-order valence-electron chi connectivity index (χ0n) is 13.0. The maximum atomic E-state index is 6.21. The molecule has 0 saturated carbocycles. The van der Waals surface area contributed by atoms with E-state index in [0.29, 0.717) is 13.2 Å². The number of rotatable bonds is 10. The Labute approximate surface area is 131 Å². The zero-order valence-corrected chi connectivity index (χ0v) is 16.6. The van der Waals surface area contributed by atoms with E-state index in [2.05, 4.69) is 6.92 Å². The van der Waals surface area contributed by atoms with Crippen molar-refractivity contribution in [3.05, 3.63) is 18.1 Å². The average Bonchev–Trinajstić information content (AvgIpc) is 2.89. The summed E-state index contributed by atoms with van der Waals surface area (Å²) in [6.07, 6.45) is 1.71. The summed E-state index contributed by atoms with van der Waals surface area (Å²) in [5.74, 6) is 3.02. The molecular formula is C14H27NO3SSn. The molecule has 0 amide bonds. The predicted octanol–water partition coefficient (Wildman–Crippen LogP) is 2.77. The Kier molecular flexibility index (Phi) is 8.58. The number of thioether (sulfide) groups is 1. The first-order chi connectivity index (χ1) is 9.61. The van der Waals surface area contributed by atoms with Gasteiger partial charge < -0.3 is 0 Å². The third-order valence-electron chi connectivity index (χ3n) is 3.05. The Morgan fingerprint density at radius 3 is 2.45 bits per heavy atom. The van der Waals surface area contributed by atoms with Crippen molar-refractivity contribution >= 4 is 34.5 Å². The first-order valence-electron chi connectivity index (χ1n) is 7.30. The van der Waals surface area contributed by atoms with E-state index >= 15 is 0 Å². The molecule has 0 bridgehead atoms. The van der Waals surface area contributed by atoms with E-state index in [1.807, 2.05) is 38.6 Å². The molecule has 1 unspecified atom stereocenters. The first kappa shape index (κ1) is 18.4. The van der Waals surface area contributed by atoms with Crippen LogP contribution in [0.4, 0.5) is 0 Å². The van der Waals surface area contributed by atoms with E-state index in [0.717, 1.165) is 25.3 Å². The van der Waals surface area contributed by atoms with Crippen molar-refractivity contribution in [1.82, 2.24) is 0 Å². The molecule has 0 aliphatic rings. The molecule has 0 fully saturated rings. The summed E-state index contributed by atoms with van der Waals surface area (Å²) in [4.78, 5) is 0. The summed E-state index contributed by atoms with van der Waals surface area (Å²) >= 11 is -1.41. The second-order valence-corrected chi connectivity index (χ2v) is 14.9. The number of nitrogens with two attached hydrogens (primary N) is 1. The van der Waals surface area contributed by atoms with Gasteiger partial charge in [0.25, 0.3) is 0 Å².